The van der Waals surface area contributed by atoms with E-state index in [1.165, 1.54) is 36.7 Å². The van der Waals surface area contributed by atoms with E-state index in [1.807, 2.05) is 0 Å². The largest absolute Gasteiger partial charge is 0.472 e. The molecular weight excluding hydrogens is 430 g/mol. The summed E-state index contributed by atoms with van der Waals surface area (Å²) in [6, 6.07) is 5.99. The number of fused-ring (bicyclic) bond motifs is 2. The molecule has 1 aliphatic heterocycles. The quantitative estimate of drug-likeness (QED) is 0.573. The van der Waals surface area contributed by atoms with Gasteiger partial charge < -0.3 is 9.64 Å². The average Bonchev–Trinajstić information content (AvgIpc) is 3.50. The number of piperidine rings is 1. The number of amides is 1. The minimum atomic E-state index is -4.48. The molecular formula is C21H17F4N5O2. The Kier molecular flexibility index (Phi) is 4.83. The van der Waals surface area contributed by atoms with E-state index in [9.17, 15) is 22.4 Å². The van der Waals surface area contributed by atoms with Crippen molar-refractivity contribution in [1.29, 1.82) is 0 Å². The molecule has 1 amide bonds. The highest BCUT2D eigenvalue weighted by atomic mass is 19.4. The molecule has 1 saturated carbocycles. The monoisotopic (exact) mass is 447 g/mol. The molecule has 1 saturated heterocycles. The van der Waals surface area contributed by atoms with E-state index in [2.05, 4.69) is 15.2 Å². The predicted octanol–water partition coefficient (Wildman–Crippen LogP) is 3.50. The van der Waals surface area contributed by atoms with E-state index < -0.39 is 23.7 Å². The number of likely N-dealkylation sites (tertiary alicyclic amines) is 1. The summed E-state index contributed by atoms with van der Waals surface area (Å²) < 4.78 is 58.6. The molecule has 2 fully saturated rings. The fourth-order valence-corrected chi connectivity index (χ4v) is 4.48. The van der Waals surface area contributed by atoms with Crippen molar-refractivity contribution in [3.63, 3.8) is 0 Å². The lowest BCUT2D eigenvalue weighted by Gasteiger charge is -2.33. The Bertz CT molecular complexity index is 1130. The normalized spacial score (nSPS) is 22.4. The zero-order chi connectivity index (χ0) is 22.5. The minimum absolute atomic E-state index is 0.0350. The molecule has 3 aromatic rings. The summed E-state index contributed by atoms with van der Waals surface area (Å²) in [4.78, 5) is 19.8. The van der Waals surface area contributed by atoms with E-state index in [1.54, 1.807) is 4.90 Å². The SMILES string of the molecule is O=C(c1cccc(F)c1-n1nccn1)N1CC2CC1[C@@H](Oc1ccc(C(F)(F)F)cn1)C2. The van der Waals surface area contributed by atoms with E-state index >= 15 is 0 Å². The van der Waals surface area contributed by atoms with Crippen LogP contribution in [-0.4, -0.2) is 49.5 Å². The van der Waals surface area contributed by atoms with Crippen LogP contribution in [0.5, 0.6) is 5.88 Å². The summed E-state index contributed by atoms with van der Waals surface area (Å²) in [6.07, 6.45) is -0.0367. The molecule has 11 heteroatoms. The van der Waals surface area contributed by atoms with Crippen LogP contribution in [0.4, 0.5) is 17.6 Å². The maximum atomic E-state index is 14.5. The first-order valence-electron chi connectivity index (χ1n) is 9.97. The van der Waals surface area contributed by atoms with Gasteiger partial charge in [-0.2, -0.15) is 23.4 Å². The highest BCUT2D eigenvalue weighted by Crippen LogP contribution is 2.41. The van der Waals surface area contributed by atoms with Crippen molar-refractivity contribution >= 4 is 5.91 Å². The second-order valence-electron chi connectivity index (χ2n) is 7.86. The predicted molar refractivity (Wildman–Crippen MR) is 103 cm³/mol. The van der Waals surface area contributed by atoms with Crippen LogP contribution in [0.2, 0.25) is 0 Å². The number of aromatic nitrogens is 4. The van der Waals surface area contributed by atoms with Gasteiger partial charge in [0.15, 0.2) is 5.82 Å². The van der Waals surface area contributed by atoms with Crippen molar-refractivity contribution in [3.8, 4) is 11.6 Å². The van der Waals surface area contributed by atoms with Crippen LogP contribution >= 0.6 is 0 Å². The number of nitrogens with zero attached hydrogens (tertiary/aromatic N) is 5. The van der Waals surface area contributed by atoms with Gasteiger partial charge in [-0.3, -0.25) is 4.79 Å². The van der Waals surface area contributed by atoms with Crippen LogP contribution in [-0.2, 0) is 6.18 Å². The molecule has 2 aliphatic rings. The van der Waals surface area contributed by atoms with Gasteiger partial charge in [0.25, 0.3) is 5.91 Å². The molecule has 2 bridgehead atoms. The fraction of sp³-hybridized carbons (Fsp3) is 0.333. The van der Waals surface area contributed by atoms with Crippen LogP contribution in [0.25, 0.3) is 5.69 Å². The fourth-order valence-electron chi connectivity index (χ4n) is 4.48. The van der Waals surface area contributed by atoms with Crippen LogP contribution < -0.4 is 4.74 Å². The Morgan fingerprint density at radius 1 is 1.09 bits per heavy atom. The lowest BCUT2D eigenvalue weighted by molar-refractivity contribution is -0.137. The van der Waals surface area contributed by atoms with Gasteiger partial charge >= 0.3 is 6.18 Å². The number of rotatable bonds is 4. The summed E-state index contributed by atoms with van der Waals surface area (Å²) in [7, 11) is 0. The molecule has 3 heterocycles. The Morgan fingerprint density at radius 2 is 1.88 bits per heavy atom. The summed E-state index contributed by atoms with van der Waals surface area (Å²) in [5.74, 6) is -0.755. The van der Waals surface area contributed by atoms with Gasteiger partial charge in [-0.05, 0) is 37.0 Å². The molecule has 166 valence electrons. The highest BCUT2D eigenvalue weighted by molar-refractivity contribution is 5.98. The first-order chi connectivity index (χ1) is 15.3. The number of halogens is 4. The summed E-state index contributed by atoms with van der Waals surface area (Å²) in [5.41, 5.74) is -0.771. The zero-order valence-corrected chi connectivity index (χ0v) is 16.5. The smallest absolute Gasteiger partial charge is 0.417 e. The minimum Gasteiger partial charge on any atom is -0.472 e. The molecule has 3 atom stereocenters. The Labute approximate surface area is 179 Å². The number of carbonyl (C=O) groups is 1. The first-order valence-corrected chi connectivity index (χ1v) is 9.97. The maximum Gasteiger partial charge on any atom is 0.417 e. The Morgan fingerprint density at radius 3 is 2.53 bits per heavy atom. The number of ether oxygens (including phenoxy) is 1. The number of carbonyl (C=O) groups excluding carboxylic acids is 1. The molecule has 1 aromatic carbocycles. The molecule has 7 nitrogen and oxygen atoms in total. The number of hydrogen-bond donors (Lipinski definition) is 0. The van der Waals surface area contributed by atoms with E-state index in [0.29, 0.717) is 19.4 Å². The van der Waals surface area contributed by atoms with E-state index in [-0.39, 0.29) is 35.0 Å². The molecule has 0 radical (unpaired) electrons. The molecule has 0 spiro atoms. The second-order valence-corrected chi connectivity index (χ2v) is 7.86. The maximum absolute atomic E-state index is 14.5. The van der Waals surface area contributed by atoms with Crippen molar-refractivity contribution in [2.45, 2.75) is 31.2 Å². The van der Waals surface area contributed by atoms with Gasteiger partial charge in [0.1, 0.15) is 11.8 Å². The molecule has 0 N–H and O–H groups in total. The van der Waals surface area contributed by atoms with Crippen LogP contribution in [0.15, 0.2) is 48.9 Å². The lowest BCUT2D eigenvalue weighted by atomic mass is 10.1. The van der Waals surface area contributed by atoms with Gasteiger partial charge in [0, 0.05) is 18.8 Å². The van der Waals surface area contributed by atoms with Crippen LogP contribution in [0.3, 0.4) is 0 Å². The van der Waals surface area contributed by atoms with Gasteiger partial charge in [-0.25, -0.2) is 9.37 Å². The molecule has 2 unspecified atom stereocenters. The van der Waals surface area contributed by atoms with Gasteiger partial charge in [-0.1, -0.05) is 6.07 Å². The van der Waals surface area contributed by atoms with Crippen molar-refractivity contribution in [3.05, 3.63) is 65.9 Å². The van der Waals surface area contributed by atoms with Crippen molar-refractivity contribution in [1.82, 2.24) is 24.9 Å². The van der Waals surface area contributed by atoms with Crippen molar-refractivity contribution in [2.75, 3.05) is 6.54 Å². The molecule has 5 rings (SSSR count). The van der Waals surface area contributed by atoms with Crippen LogP contribution in [0, 0.1) is 11.7 Å². The van der Waals surface area contributed by atoms with Crippen LogP contribution in [0.1, 0.15) is 28.8 Å². The number of alkyl halides is 3. The Balaban J connectivity index is 1.37. The third kappa shape index (κ3) is 3.57. The van der Waals surface area contributed by atoms with Crippen molar-refractivity contribution < 1.29 is 27.1 Å². The number of para-hydroxylation sites is 1. The van der Waals surface area contributed by atoms with Gasteiger partial charge in [-0.15, -0.1) is 4.80 Å². The molecule has 2 aromatic heterocycles. The molecule has 1 aliphatic carbocycles. The summed E-state index contributed by atoms with van der Waals surface area (Å²) >= 11 is 0. The third-order valence-corrected chi connectivity index (χ3v) is 5.86. The average molecular weight is 447 g/mol. The first kappa shape index (κ1) is 20.4. The lowest BCUT2D eigenvalue weighted by Crippen LogP contribution is -2.47. The van der Waals surface area contributed by atoms with Crippen molar-refractivity contribution in [2.24, 2.45) is 5.92 Å². The standard InChI is InChI=1S/C21H17F4N5O2/c22-15-3-1-2-14(19(15)30-27-6-7-28-30)20(31)29-11-12-8-16(29)17(9-12)32-18-5-4-13(10-26-18)21(23,24)25/h1-7,10,12,16-17H,8-9,11H2/t12?,16?,17-/m0/s1. The second kappa shape index (κ2) is 7.57. The summed E-state index contributed by atoms with van der Waals surface area (Å²) in [5, 5.41) is 7.88. The summed E-state index contributed by atoms with van der Waals surface area (Å²) in [6.45, 7) is 0.492. The third-order valence-electron chi connectivity index (χ3n) is 5.86. The number of pyridine rings is 1. The number of hydrogen-bond acceptors (Lipinski definition) is 5. The van der Waals surface area contributed by atoms with Gasteiger partial charge in [0.2, 0.25) is 5.88 Å². The Hall–Kier alpha value is -3.50. The van der Waals surface area contributed by atoms with E-state index in [4.69, 9.17) is 4.74 Å². The van der Waals surface area contributed by atoms with Gasteiger partial charge in [0.05, 0.1) is 29.6 Å². The molecule has 32 heavy (non-hydrogen) atoms. The highest BCUT2D eigenvalue weighted by Gasteiger charge is 2.49. The van der Waals surface area contributed by atoms with E-state index in [0.717, 1.165) is 17.1 Å². The zero-order valence-electron chi connectivity index (χ0n) is 16.5. The number of benzene rings is 1. The topological polar surface area (TPSA) is 73.1 Å².